The number of likely N-dealkylation sites (tertiary alicyclic amines) is 1. The molecule has 0 aromatic carbocycles. The third-order valence-electron chi connectivity index (χ3n) is 5.05. The van der Waals surface area contributed by atoms with Crippen LogP contribution in [0.5, 0.6) is 0 Å². The van der Waals surface area contributed by atoms with Gasteiger partial charge in [0.15, 0.2) is 0 Å². The van der Waals surface area contributed by atoms with Gasteiger partial charge in [0.05, 0.1) is 28.7 Å². The normalized spacial score (nSPS) is 18.0. The minimum absolute atomic E-state index is 0.180. The Labute approximate surface area is 158 Å². The van der Waals surface area contributed by atoms with E-state index in [4.69, 9.17) is 14.5 Å². The van der Waals surface area contributed by atoms with E-state index in [9.17, 15) is 0 Å². The zero-order valence-corrected chi connectivity index (χ0v) is 16.0. The Balaban J connectivity index is 1.68. The van der Waals surface area contributed by atoms with Crippen LogP contribution in [0.3, 0.4) is 0 Å². The highest BCUT2D eigenvalue weighted by Gasteiger charge is 2.28. The van der Waals surface area contributed by atoms with Gasteiger partial charge in [-0.2, -0.15) is 0 Å². The minimum atomic E-state index is 0.180. The smallest absolute Gasteiger partial charge is 0.146 e. The van der Waals surface area contributed by atoms with Gasteiger partial charge in [-0.1, -0.05) is 11.6 Å². The largest absolute Gasteiger partial charge is 0.361 e. The second-order valence-electron chi connectivity index (χ2n) is 7.13. The number of hydrogen-bond donors (Lipinski definition) is 0. The molecule has 1 aliphatic heterocycles. The summed E-state index contributed by atoms with van der Waals surface area (Å²) >= 11 is 0. The highest BCUT2D eigenvalue weighted by Crippen LogP contribution is 2.32. The van der Waals surface area contributed by atoms with Gasteiger partial charge in [0.1, 0.15) is 11.6 Å². The van der Waals surface area contributed by atoms with E-state index in [-0.39, 0.29) is 6.04 Å². The number of nitrogens with zero attached hydrogens (tertiary/aromatic N) is 6. The fourth-order valence-electron chi connectivity index (χ4n) is 3.81. The topological polar surface area (TPSA) is 80.8 Å². The van der Waals surface area contributed by atoms with E-state index in [2.05, 4.69) is 20.0 Å². The average molecular weight is 364 g/mol. The average Bonchev–Trinajstić information content (AvgIpc) is 3.01. The van der Waals surface area contributed by atoms with E-state index in [0.29, 0.717) is 0 Å². The van der Waals surface area contributed by atoms with Crippen LogP contribution in [0.1, 0.15) is 54.0 Å². The number of aromatic nitrogens is 5. The van der Waals surface area contributed by atoms with Gasteiger partial charge in [-0.15, -0.1) is 0 Å². The summed E-state index contributed by atoms with van der Waals surface area (Å²) in [6.07, 6.45) is 8.69. The number of piperidine rings is 1. The van der Waals surface area contributed by atoms with Crippen molar-refractivity contribution in [3.63, 3.8) is 0 Å². The van der Waals surface area contributed by atoms with Gasteiger partial charge in [-0.3, -0.25) is 14.9 Å². The van der Waals surface area contributed by atoms with Gasteiger partial charge < -0.3 is 4.52 Å². The quantitative estimate of drug-likeness (QED) is 0.700. The number of rotatable bonds is 4. The van der Waals surface area contributed by atoms with Crippen LogP contribution >= 0.6 is 0 Å². The maximum Gasteiger partial charge on any atom is 0.146 e. The Morgan fingerprint density at radius 3 is 2.78 bits per heavy atom. The van der Waals surface area contributed by atoms with Crippen LogP contribution in [0.15, 0.2) is 29.2 Å². The molecule has 1 saturated heterocycles. The Hall–Kier alpha value is -2.67. The van der Waals surface area contributed by atoms with Crippen molar-refractivity contribution in [3.05, 3.63) is 53.3 Å². The molecule has 1 aliphatic rings. The fraction of sp³-hybridized carbons (Fsp3) is 0.450. The molecule has 7 nitrogen and oxygen atoms in total. The van der Waals surface area contributed by atoms with E-state index in [1.807, 2.05) is 33.0 Å². The van der Waals surface area contributed by atoms with Crippen molar-refractivity contribution in [2.75, 3.05) is 6.54 Å². The standard InChI is InChI=1S/C20H24N6O/c1-13-10-17(19-14(2)25-27-15(19)3)24-20(23-13)18-6-4-5-9-26(18)12-16-11-21-7-8-22-16/h7-8,10-11,18H,4-6,9,12H2,1-3H3. The van der Waals surface area contributed by atoms with E-state index in [0.717, 1.165) is 59.4 Å². The number of aryl methyl sites for hydroxylation is 3. The SMILES string of the molecule is Cc1cc(-c2c(C)noc2C)nc(C2CCCCN2Cc2cnccn2)n1. The van der Waals surface area contributed by atoms with Gasteiger partial charge in [0, 0.05) is 30.8 Å². The monoisotopic (exact) mass is 364 g/mol. The Morgan fingerprint density at radius 1 is 1.15 bits per heavy atom. The van der Waals surface area contributed by atoms with Crippen LogP contribution in [-0.2, 0) is 6.54 Å². The van der Waals surface area contributed by atoms with Crippen LogP contribution in [0, 0.1) is 20.8 Å². The summed E-state index contributed by atoms with van der Waals surface area (Å²) in [6.45, 7) is 7.66. The van der Waals surface area contributed by atoms with Gasteiger partial charge in [0.2, 0.25) is 0 Å². The van der Waals surface area contributed by atoms with E-state index < -0.39 is 0 Å². The molecule has 4 heterocycles. The van der Waals surface area contributed by atoms with Crippen LogP contribution in [0.4, 0.5) is 0 Å². The first-order valence-electron chi connectivity index (χ1n) is 9.39. The molecule has 1 unspecified atom stereocenters. The molecule has 0 amide bonds. The molecule has 0 saturated carbocycles. The van der Waals surface area contributed by atoms with Crippen molar-refractivity contribution in [2.45, 2.75) is 52.6 Å². The van der Waals surface area contributed by atoms with E-state index in [1.165, 1.54) is 12.8 Å². The molecule has 4 rings (SSSR count). The second kappa shape index (κ2) is 7.52. The molecule has 7 heteroatoms. The molecule has 0 bridgehead atoms. The van der Waals surface area contributed by atoms with Gasteiger partial charge >= 0.3 is 0 Å². The lowest BCUT2D eigenvalue weighted by Crippen LogP contribution is -2.34. The van der Waals surface area contributed by atoms with Gasteiger partial charge in [-0.25, -0.2) is 9.97 Å². The molecule has 3 aromatic heterocycles. The predicted octanol–water partition coefficient (Wildman–Crippen LogP) is 3.57. The zero-order chi connectivity index (χ0) is 18.8. The van der Waals surface area contributed by atoms with Gasteiger partial charge in [-0.05, 0) is 46.2 Å². The summed E-state index contributed by atoms with van der Waals surface area (Å²) in [6, 6.07) is 2.19. The fourth-order valence-corrected chi connectivity index (χ4v) is 3.81. The molecule has 0 aliphatic carbocycles. The highest BCUT2D eigenvalue weighted by molar-refractivity contribution is 5.63. The second-order valence-corrected chi connectivity index (χ2v) is 7.13. The zero-order valence-electron chi connectivity index (χ0n) is 16.0. The Bertz CT molecular complexity index is 904. The third kappa shape index (κ3) is 3.73. The highest BCUT2D eigenvalue weighted by atomic mass is 16.5. The van der Waals surface area contributed by atoms with E-state index in [1.54, 1.807) is 12.4 Å². The van der Waals surface area contributed by atoms with E-state index >= 15 is 0 Å². The van der Waals surface area contributed by atoms with Crippen LogP contribution in [-0.4, -0.2) is 36.5 Å². The lowest BCUT2D eigenvalue weighted by Gasteiger charge is -2.34. The Kier molecular flexibility index (Phi) is 4.94. The molecule has 0 spiro atoms. The summed E-state index contributed by atoms with van der Waals surface area (Å²) in [5.41, 5.74) is 4.65. The Morgan fingerprint density at radius 2 is 2.04 bits per heavy atom. The molecule has 3 aromatic rings. The van der Waals surface area contributed by atoms with Crippen molar-refractivity contribution in [2.24, 2.45) is 0 Å². The van der Waals surface area contributed by atoms with Crippen LogP contribution in [0.2, 0.25) is 0 Å². The van der Waals surface area contributed by atoms with Gasteiger partial charge in [0.25, 0.3) is 0 Å². The van der Waals surface area contributed by atoms with Crippen molar-refractivity contribution in [1.82, 2.24) is 30.0 Å². The predicted molar refractivity (Wildman–Crippen MR) is 101 cm³/mol. The van der Waals surface area contributed by atoms with Crippen LogP contribution < -0.4 is 0 Å². The molecular weight excluding hydrogens is 340 g/mol. The van der Waals surface area contributed by atoms with Crippen molar-refractivity contribution in [1.29, 1.82) is 0 Å². The molecular formula is C20H24N6O. The first kappa shape index (κ1) is 17.7. The van der Waals surface area contributed by atoms with Crippen molar-refractivity contribution in [3.8, 4) is 11.3 Å². The molecule has 1 atom stereocenters. The summed E-state index contributed by atoms with van der Waals surface area (Å²) in [4.78, 5) is 20.7. The first-order chi connectivity index (χ1) is 13.1. The molecule has 0 radical (unpaired) electrons. The molecule has 0 N–H and O–H groups in total. The third-order valence-corrected chi connectivity index (χ3v) is 5.05. The van der Waals surface area contributed by atoms with Crippen molar-refractivity contribution < 1.29 is 4.52 Å². The summed E-state index contributed by atoms with van der Waals surface area (Å²) < 4.78 is 5.34. The van der Waals surface area contributed by atoms with Crippen molar-refractivity contribution >= 4 is 0 Å². The summed E-state index contributed by atoms with van der Waals surface area (Å²) in [5, 5.41) is 4.07. The lowest BCUT2D eigenvalue weighted by molar-refractivity contribution is 0.132. The number of hydrogen-bond acceptors (Lipinski definition) is 7. The minimum Gasteiger partial charge on any atom is -0.361 e. The van der Waals surface area contributed by atoms with Crippen LogP contribution in [0.25, 0.3) is 11.3 Å². The molecule has 27 heavy (non-hydrogen) atoms. The lowest BCUT2D eigenvalue weighted by atomic mass is 10.0. The summed E-state index contributed by atoms with van der Waals surface area (Å²) in [7, 11) is 0. The summed E-state index contributed by atoms with van der Waals surface area (Å²) in [5.74, 6) is 1.66. The molecule has 1 fully saturated rings. The first-order valence-corrected chi connectivity index (χ1v) is 9.39. The maximum atomic E-state index is 5.34. The maximum absolute atomic E-state index is 5.34. The molecule has 140 valence electrons.